The third kappa shape index (κ3) is 4.22. The fourth-order valence-electron chi connectivity index (χ4n) is 2.98. The van der Waals surface area contributed by atoms with Crippen molar-refractivity contribution in [3.8, 4) is 0 Å². The lowest BCUT2D eigenvalue weighted by atomic mass is 9.91. The molecule has 1 aromatic carbocycles. The summed E-state index contributed by atoms with van der Waals surface area (Å²) in [6.07, 6.45) is 1.57. The molecular formula is C19H26N2O3. The standard InChI is InChI=1S/C19H26N2O3/c1-13(22)15-9-5-6-10-16(15)20-17(23)14-8-7-11-21(12-14)18(24)19(2,3)4/h5-6,9-10,14H,7-8,11-12H2,1-4H3,(H,20,23). The van der Waals surface area contributed by atoms with Gasteiger partial charge in [-0.2, -0.15) is 0 Å². The number of Topliss-reactive ketones (excluding diaryl/α,β-unsaturated/α-hetero) is 1. The van der Waals surface area contributed by atoms with Crippen molar-refractivity contribution in [3.63, 3.8) is 0 Å². The van der Waals surface area contributed by atoms with Gasteiger partial charge in [0.15, 0.2) is 5.78 Å². The first-order valence-corrected chi connectivity index (χ1v) is 8.40. The summed E-state index contributed by atoms with van der Waals surface area (Å²) in [5.41, 5.74) is 0.595. The highest BCUT2D eigenvalue weighted by Crippen LogP contribution is 2.25. The van der Waals surface area contributed by atoms with E-state index in [0.29, 0.717) is 24.3 Å². The first-order valence-electron chi connectivity index (χ1n) is 8.40. The Hall–Kier alpha value is -2.17. The summed E-state index contributed by atoms with van der Waals surface area (Å²) >= 11 is 0. The van der Waals surface area contributed by atoms with Crippen LogP contribution in [0.5, 0.6) is 0 Å². The van der Waals surface area contributed by atoms with Crippen molar-refractivity contribution in [2.24, 2.45) is 11.3 Å². The van der Waals surface area contributed by atoms with E-state index in [1.54, 1.807) is 29.2 Å². The zero-order chi connectivity index (χ0) is 17.9. The van der Waals surface area contributed by atoms with E-state index in [1.165, 1.54) is 6.92 Å². The van der Waals surface area contributed by atoms with Crippen LogP contribution in [-0.4, -0.2) is 35.6 Å². The van der Waals surface area contributed by atoms with Gasteiger partial charge in [-0.1, -0.05) is 32.9 Å². The first-order chi connectivity index (χ1) is 11.2. The highest BCUT2D eigenvalue weighted by Gasteiger charge is 2.33. The molecule has 1 fully saturated rings. The Morgan fingerprint density at radius 2 is 1.83 bits per heavy atom. The summed E-state index contributed by atoms with van der Waals surface area (Å²) in [7, 11) is 0. The number of carbonyl (C=O) groups excluding carboxylic acids is 3. The number of benzene rings is 1. The minimum absolute atomic E-state index is 0.0733. The van der Waals surface area contributed by atoms with E-state index < -0.39 is 5.41 Å². The molecular weight excluding hydrogens is 304 g/mol. The van der Waals surface area contributed by atoms with Crippen LogP contribution < -0.4 is 5.32 Å². The Kier molecular flexibility index (Phi) is 5.42. The number of hydrogen-bond acceptors (Lipinski definition) is 3. The van der Waals surface area contributed by atoms with Crippen LogP contribution in [-0.2, 0) is 9.59 Å². The van der Waals surface area contributed by atoms with Crippen molar-refractivity contribution in [3.05, 3.63) is 29.8 Å². The minimum atomic E-state index is -0.445. The summed E-state index contributed by atoms with van der Waals surface area (Å²) in [5.74, 6) is -0.386. The fourth-order valence-corrected chi connectivity index (χ4v) is 2.98. The predicted octanol–water partition coefficient (Wildman–Crippen LogP) is 3.11. The maximum absolute atomic E-state index is 12.6. The molecule has 0 bridgehead atoms. The number of rotatable bonds is 3. The molecule has 1 atom stereocenters. The van der Waals surface area contributed by atoms with Crippen LogP contribution in [0.3, 0.4) is 0 Å². The van der Waals surface area contributed by atoms with E-state index >= 15 is 0 Å². The molecule has 1 saturated heterocycles. The number of carbonyl (C=O) groups is 3. The van der Waals surface area contributed by atoms with Crippen LogP contribution in [0.15, 0.2) is 24.3 Å². The lowest BCUT2D eigenvalue weighted by Gasteiger charge is -2.36. The zero-order valence-electron chi connectivity index (χ0n) is 14.9. The quantitative estimate of drug-likeness (QED) is 0.866. The number of nitrogens with zero attached hydrogens (tertiary/aromatic N) is 1. The van der Waals surface area contributed by atoms with E-state index in [9.17, 15) is 14.4 Å². The van der Waals surface area contributed by atoms with Gasteiger partial charge in [-0.25, -0.2) is 0 Å². The summed E-state index contributed by atoms with van der Waals surface area (Å²) in [6.45, 7) is 8.29. The molecule has 0 spiro atoms. The fraction of sp³-hybridized carbons (Fsp3) is 0.526. The second-order valence-electron chi connectivity index (χ2n) is 7.43. The van der Waals surface area contributed by atoms with Crippen molar-refractivity contribution in [1.29, 1.82) is 0 Å². The van der Waals surface area contributed by atoms with Crippen LogP contribution in [0.4, 0.5) is 5.69 Å². The van der Waals surface area contributed by atoms with E-state index in [1.807, 2.05) is 20.8 Å². The molecule has 0 aliphatic carbocycles. The number of amides is 2. The Labute approximate surface area is 143 Å². The Morgan fingerprint density at radius 3 is 2.46 bits per heavy atom. The van der Waals surface area contributed by atoms with Crippen molar-refractivity contribution in [2.45, 2.75) is 40.5 Å². The van der Waals surface area contributed by atoms with Gasteiger partial charge in [0.2, 0.25) is 11.8 Å². The van der Waals surface area contributed by atoms with Crippen LogP contribution in [0.25, 0.3) is 0 Å². The second kappa shape index (κ2) is 7.16. The number of nitrogens with one attached hydrogen (secondary N) is 1. The van der Waals surface area contributed by atoms with Gasteiger partial charge in [-0.05, 0) is 31.9 Å². The molecule has 1 heterocycles. The van der Waals surface area contributed by atoms with Gasteiger partial charge >= 0.3 is 0 Å². The van der Waals surface area contributed by atoms with Crippen LogP contribution in [0, 0.1) is 11.3 Å². The SMILES string of the molecule is CC(=O)c1ccccc1NC(=O)C1CCCN(C(=O)C(C)(C)C)C1. The third-order valence-electron chi connectivity index (χ3n) is 4.29. The first kappa shape index (κ1) is 18.2. The number of anilines is 1. The van der Waals surface area contributed by atoms with Gasteiger partial charge < -0.3 is 10.2 Å². The van der Waals surface area contributed by atoms with Crippen LogP contribution in [0.1, 0.15) is 50.9 Å². The molecule has 1 N–H and O–H groups in total. The van der Waals surface area contributed by atoms with Crippen LogP contribution in [0.2, 0.25) is 0 Å². The van der Waals surface area contributed by atoms with E-state index in [-0.39, 0.29) is 23.5 Å². The smallest absolute Gasteiger partial charge is 0.229 e. The third-order valence-corrected chi connectivity index (χ3v) is 4.29. The largest absolute Gasteiger partial charge is 0.341 e. The van der Waals surface area contributed by atoms with E-state index in [0.717, 1.165) is 12.8 Å². The van der Waals surface area contributed by atoms with Gasteiger partial charge in [0, 0.05) is 24.1 Å². The molecule has 5 nitrogen and oxygen atoms in total. The van der Waals surface area contributed by atoms with E-state index in [4.69, 9.17) is 0 Å². The van der Waals surface area contributed by atoms with Gasteiger partial charge in [0.1, 0.15) is 0 Å². The molecule has 2 amide bonds. The Morgan fingerprint density at radius 1 is 1.17 bits per heavy atom. The lowest BCUT2D eigenvalue weighted by Crippen LogP contribution is -2.47. The average molecular weight is 330 g/mol. The van der Waals surface area contributed by atoms with Crippen molar-refractivity contribution >= 4 is 23.3 Å². The number of ketones is 1. The summed E-state index contributed by atoms with van der Waals surface area (Å²) < 4.78 is 0. The number of hydrogen-bond donors (Lipinski definition) is 1. The average Bonchev–Trinajstić information content (AvgIpc) is 2.53. The Bertz CT molecular complexity index is 646. The monoisotopic (exact) mass is 330 g/mol. The topological polar surface area (TPSA) is 66.5 Å². The number of likely N-dealkylation sites (tertiary alicyclic amines) is 1. The molecule has 2 rings (SSSR count). The highest BCUT2D eigenvalue weighted by molar-refractivity contribution is 6.04. The van der Waals surface area contributed by atoms with Gasteiger partial charge in [-0.3, -0.25) is 14.4 Å². The molecule has 0 saturated carbocycles. The molecule has 0 radical (unpaired) electrons. The van der Waals surface area contributed by atoms with Gasteiger partial charge in [0.25, 0.3) is 0 Å². The molecule has 1 aliphatic heterocycles. The summed E-state index contributed by atoms with van der Waals surface area (Å²) in [6, 6.07) is 7.00. The Balaban J connectivity index is 2.08. The zero-order valence-corrected chi connectivity index (χ0v) is 14.9. The molecule has 24 heavy (non-hydrogen) atoms. The van der Waals surface area contributed by atoms with Crippen molar-refractivity contribution in [2.75, 3.05) is 18.4 Å². The number of piperidine rings is 1. The van der Waals surface area contributed by atoms with Gasteiger partial charge in [-0.15, -0.1) is 0 Å². The van der Waals surface area contributed by atoms with Crippen molar-refractivity contribution in [1.82, 2.24) is 4.90 Å². The maximum atomic E-state index is 12.6. The minimum Gasteiger partial charge on any atom is -0.341 e. The summed E-state index contributed by atoms with van der Waals surface area (Å²) in [5, 5.41) is 2.86. The predicted molar refractivity (Wildman–Crippen MR) is 93.8 cm³/mol. The second-order valence-corrected chi connectivity index (χ2v) is 7.43. The van der Waals surface area contributed by atoms with E-state index in [2.05, 4.69) is 5.32 Å². The highest BCUT2D eigenvalue weighted by atomic mass is 16.2. The van der Waals surface area contributed by atoms with Crippen LogP contribution >= 0.6 is 0 Å². The number of para-hydroxylation sites is 1. The lowest BCUT2D eigenvalue weighted by molar-refractivity contribution is -0.142. The molecule has 1 aliphatic rings. The van der Waals surface area contributed by atoms with Crippen molar-refractivity contribution < 1.29 is 14.4 Å². The summed E-state index contributed by atoms with van der Waals surface area (Å²) in [4.78, 5) is 38.5. The molecule has 0 aromatic heterocycles. The van der Waals surface area contributed by atoms with Gasteiger partial charge in [0.05, 0.1) is 11.6 Å². The normalized spacial score (nSPS) is 18.2. The molecule has 130 valence electrons. The molecule has 5 heteroatoms. The molecule has 1 unspecified atom stereocenters. The molecule has 1 aromatic rings. The maximum Gasteiger partial charge on any atom is 0.229 e.